The van der Waals surface area contributed by atoms with E-state index in [1.165, 1.54) is 89.9 Å². The molecule has 0 spiro atoms. The van der Waals surface area contributed by atoms with E-state index >= 15 is 0 Å². The molecule has 0 radical (unpaired) electrons. The fraction of sp³-hybridized carbons (Fsp3) is 0.794. The molecule has 0 aromatic carbocycles. The number of carbonyl (C=O) groups excluding carboxylic acids is 2. The smallest absolute Gasteiger partial charge is 0.407 e. The molecule has 3 N–H and O–H groups in total. The molecule has 240 valence electrons. The first kappa shape index (κ1) is 36.0. The number of nitrogens with one attached hydrogen (secondary N) is 1. The summed E-state index contributed by atoms with van der Waals surface area (Å²) < 4.78 is 18.8. The third-order valence-corrected chi connectivity index (χ3v) is 8.32. The highest BCUT2D eigenvalue weighted by Crippen LogP contribution is 2.27. The highest BCUT2D eigenvalue weighted by atomic mass is 16.6. The number of ether oxygens (including phenoxy) is 3. The lowest BCUT2D eigenvalue weighted by atomic mass is 10.0. The number of esters is 1. The Morgan fingerprint density at radius 2 is 1.45 bits per heavy atom. The minimum absolute atomic E-state index is 0.00486. The summed E-state index contributed by atoms with van der Waals surface area (Å²) in [5.74, 6) is -0.522. The summed E-state index contributed by atoms with van der Waals surface area (Å²) in [5, 5.41) is 2.84. The molecule has 2 rings (SSSR count). The van der Waals surface area contributed by atoms with E-state index in [-0.39, 0.29) is 13.2 Å². The normalized spacial score (nSPS) is 17.2. The van der Waals surface area contributed by atoms with Crippen LogP contribution in [-0.2, 0) is 25.5 Å². The SMILES string of the molecule is CCCCCCCCCCCCCCCCCCNC(=O)OCC1(COC(=O)C(N)c2cccc[n+]2CC)CCCO1. The summed E-state index contributed by atoms with van der Waals surface area (Å²) in [5.41, 5.74) is 6.06. The Morgan fingerprint density at radius 3 is 2.00 bits per heavy atom. The zero-order valence-corrected chi connectivity index (χ0v) is 26.7. The maximum atomic E-state index is 12.7. The van der Waals surface area contributed by atoms with Gasteiger partial charge in [0, 0.05) is 25.3 Å². The first-order valence-corrected chi connectivity index (χ1v) is 17.0. The zero-order chi connectivity index (χ0) is 30.3. The van der Waals surface area contributed by atoms with E-state index in [0.29, 0.717) is 31.8 Å². The van der Waals surface area contributed by atoms with Crippen molar-refractivity contribution in [1.82, 2.24) is 5.32 Å². The van der Waals surface area contributed by atoms with Crippen molar-refractivity contribution in [2.24, 2.45) is 5.73 Å². The first-order chi connectivity index (χ1) is 20.5. The van der Waals surface area contributed by atoms with Gasteiger partial charge in [-0.15, -0.1) is 0 Å². The number of aromatic nitrogens is 1. The van der Waals surface area contributed by atoms with E-state index in [2.05, 4.69) is 12.2 Å². The fourth-order valence-corrected chi connectivity index (χ4v) is 5.61. The van der Waals surface area contributed by atoms with Gasteiger partial charge in [-0.3, -0.25) is 0 Å². The third kappa shape index (κ3) is 14.8. The number of amides is 1. The number of aryl methyl sites for hydroxylation is 1. The summed E-state index contributed by atoms with van der Waals surface area (Å²) in [6.45, 7) is 6.16. The van der Waals surface area contributed by atoms with Crippen molar-refractivity contribution in [3.05, 3.63) is 30.1 Å². The van der Waals surface area contributed by atoms with Crippen molar-refractivity contribution >= 4 is 12.1 Å². The topological polar surface area (TPSA) is 104 Å². The Morgan fingerprint density at radius 1 is 0.881 bits per heavy atom. The fourth-order valence-electron chi connectivity index (χ4n) is 5.61. The molecule has 42 heavy (non-hydrogen) atoms. The Kier molecular flexibility index (Phi) is 19.2. The average Bonchev–Trinajstić information content (AvgIpc) is 3.49. The first-order valence-electron chi connectivity index (χ1n) is 17.0. The number of rotatable bonds is 24. The molecule has 1 aliphatic heterocycles. The molecule has 1 aromatic heterocycles. The summed E-state index contributed by atoms with van der Waals surface area (Å²) in [4.78, 5) is 25.0. The maximum Gasteiger partial charge on any atom is 0.407 e. The number of hydrogen-bond acceptors (Lipinski definition) is 6. The second-order valence-electron chi connectivity index (χ2n) is 11.9. The lowest BCUT2D eigenvalue weighted by Crippen LogP contribution is -2.45. The van der Waals surface area contributed by atoms with Crippen LogP contribution in [0.5, 0.6) is 0 Å². The van der Waals surface area contributed by atoms with Crippen LogP contribution in [0.1, 0.15) is 141 Å². The van der Waals surface area contributed by atoms with E-state index in [1.54, 1.807) is 0 Å². The number of pyridine rings is 1. The van der Waals surface area contributed by atoms with Gasteiger partial charge in [0.2, 0.25) is 5.69 Å². The molecule has 2 heterocycles. The Balaban J connectivity index is 1.49. The van der Waals surface area contributed by atoms with Gasteiger partial charge in [-0.05, 0) is 26.2 Å². The monoisotopic (exact) mass is 590 g/mol. The molecule has 2 unspecified atom stereocenters. The molecule has 2 atom stereocenters. The van der Waals surface area contributed by atoms with Crippen molar-refractivity contribution in [2.75, 3.05) is 26.4 Å². The van der Waals surface area contributed by atoms with Crippen molar-refractivity contribution in [3.8, 4) is 0 Å². The lowest BCUT2D eigenvalue weighted by molar-refractivity contribution is -0.701. The van der Waals surface area contributed by atoms with Crippen LogP contribution in [0.25, 0.3) is 0 Å². The molecule has 0 bridgehead atoms. The second-order valence-corrected chi connectivity index (χ2v) is 11.9. The number of carbonyl (C=O) groups is 2. The predicted octanol–water partition coefficient (Wildman–Crippen LogP) is 7.07. The van der Waals surface area contributed by atoms with Gasteiger partial charge >= 0.3 is 12.1 Å². The molecule has 1 saturated heterocycles. The van der Waals surface area contributed by atoms with Gasteiger partial charge in [0.25, 0.3) is 0 Å². The number of hydrogen-bond donors (Lipinski definition) is 2. The quantitative estimate of drug-likeness (QED) is 0.0758. The highest BCUT2D eigenvalue weighted by Gasteiger charge is 2.39. The van der Waals surface area contributed by atoms with Gasteiger partial charge in [-0.2, -0.15) is 0 Å². The molecular formula is C34H60N3O5+. The van der Waals surface area contributed by atoms with Crippen LogP contribution in [0.15, 0.2) is 24.4 Å². The summed E-state index contributed by atoms with van der Waals surface area (Å²) >= 11 is 0. The molecule has 1 aromatic rings. The molecule has 8 nitrogen and oxygen atoms in total. The number of nitrogens with two attached hydrogens (primary N) is 1. The van der Waals surface area contributed by atoms with Crippen molar-refractivity contribution in [1.29, 1.82) is 0 Å². The molecule has 1 aliphatic rings. The van der Waals surface area contributed by atoms with Gasteiger partial charge in [0.15, 0.2) is 12.2 Å². The average molecular weight is 591 g/mol. The van der Waals surface area contributed by atoms with Crippen LogP contribution < -0.4 is 15.6 Å². The third-order valence-electron chi connectivity index (χ3n) is 8.32. The van der Waals surface area contributed by atoms with E-state index in [1.807, 2.05) is 35.9 Å². The summed E-state index contributed by atoms with van der Waals surface area (Å²) in [6.07, 6.45) is 24.1. The van der Waals surface area contributed by atoms with Crippen LogP contribution in [0.2, 0.25) is 0 Å². The van der Waals surface area contributed by atoms with Gasteiger partial charge in [0.1, 0.15) is 25.4 Å². The van der Waals surface area contributed by atoms with Crippen molar-refractivity contribution in [2.45, 2.75) is 148 Å². The minimum Gasteiger partial charge on any atom is -0.461 e. The number of nitrogens with zero attached hydrogens (tertiary/aromatic N) is 1. The van der Waals surface area contributed by atoms with Gasteiger partial charge in [-0.25, -0.2) is 14.2 Å². The summed E-state index contributed by atoms with van der Waals surface area (Å²) in [6, 6.07) is 4.68. The molecular weight excluding hydrogens is 530 g/mol. The summed E-state index contributed by atoms with van der Waals surface area (Å²) in [7, 11) is 0. The Bertz CT molecular complexity index is 859. The minimum atomic E-state index is -0.895. The van der Waals surface area contributed by atoms with E-state index in [9.17, 15) is 9.59 Å². The van der Waals surface area contributed by atoms with E-state index < -0.39 is 23.7 Å². The van der Waals surface area contributed by atoms with Crippen LogP contribution in [-0.4, -0.2) is 44.0 Å². The van der Waals surface area contributed by atoms with Crippen LogP contribution in [0.4, 0.5) is 4.79 Å². The van der Waals surface area contributed by atoms with Crippen molar-refractivity contribution in [3.63, 3.8) is 0 Å². The van der Waals surface area contributed by atoms with Crippen LogP contribution >= 0.6 is 0 Å². The van der Waals surface area contributed by atoms with Gasteiger partial charge < -0.3 is 25.3 Å². The predicted molar refractivity (Wildman–Crippen MR) is 167 cm³/mol. The molecule has 0 aliphatic carbocycles. The van der Waals surface area contributed by atoms with Gasteiger partial charge in [-0.1, -0.05) is 109 Å². The van der Waals surface area contributed by atoms with Crippen molar-refractivity contribution < 1.29 is 28.4 Å². The van der Waals surface area contributed by atoms with E-state index in [4.69, 9.17) is 19.9 Å². The number of unbranched alkanes of at least 4 members (excludes halogenated alkanes) is 15. The molecule has 1 amide bonds. The number of alkyl carbamates (subject to hydrolysis) is 1. The molecule has 1 fully saturated rings. The van der Waals surface area contributed by atoms with Crippen LogP contribution in [0, 0.1) is 0 Å². The van der Waals surface area contributed by atoms with E-state index in [0.717, 1.165) is 19.3 Å². The lowest BCUT2D eigenvalue weighted by Gasteiger charge is -2.27. The largest absolute Gasteiger partial charge is 0.461 e. The van der Waals surface area contributed by atoms with Gasteiger partial charge in [0.05, 0.1) is 0 Å². The maximum absolute atomic E-state index is 12.7. The molecule has 8 heteroatoms. The molecule has 0 saturated carbocycles. The zero-order valence-electron chi connectivity index (χ0n) is 26.7. The second kappa shape index (κ2) is 22.4. The Hall–Kier alpha value is -2.19. The highest BCUT2D eigenvalue weighted by molar-refractivity contribution is 5.76. The standard InChI is InChI=1S/C34H59N3O5/c1-3-5-6-7-8-9-10-11-12-13-14-15-16-17-18-20-25-36-33(39)41-29-34(24-22-27-42-34)28-40-32(38)31(35)30-23-19-21-26-37(30)4-2/h19,21,23,26,31H,3-18,20,22,24-25,27-29,35H2,1-2H3/p+1. The van der Waals surface area contributed by atoms with Crippen LogP contribution in [0.3, 0.4) is 0 Å². The Labute approximate surface area is 255 Å².